The van der Waals surface area contributed by atoms with E-state index in [9.17, 15) is 10.2 Å². The fourth-order valence-electron chi connectivity index (χ4n) is 4.49. The minimum Gasteiger partial charge on any atom is -0.507 e. The third-order valence-corrected chi connectivity index (χ3v) is 5.97. The fourth-order valence-corrected chi connectivity index (χ4v) is 4.49. The average Bonchev–Trinajstić information content (AvgIpc) is 3.21. The summed E-state index contributed by atoms with van der Waals surface area (Å²) >= 11 is 0. The molecule has 0 bridgehead atoms. The van der Waals surface area contributed by atoms with Gasteiger partial charge in [-0.05, 0) is 43.0 Å². The summed E-state index contributed by atoms with van der Waals surface area (Å²) in [5.74, 6) is 0.358. The number of aromatic hydroxyl groups is 1. The number of phenolic OH excluding ortho intramolecular Hbond substituents is 1. The lowest BCUT2D eigenvalue weighted by Gasteiger charge is -2.40. The van der Waals surface area contributed by atoms with Crippen molar-refractivity contribution in [1.29, 1.82) is 0 Å². The lowest BCUT2D eigenvalue weighted by atomic mass is 9.79. The van der Waals surface area contributed by atoms with Crippen molar-refractivity contribution in [3.63, 3.8) is 0 Å². The topological polar surface area (TPSA) is 43.7 Å². The summed E-state index contributed by atoms with van der Waals surface area (Å²) in [7, 11) is 0. The molecular weight excluding hydrogens is 346 g/mol. The molecule has 3 aromatic carbocycles. The van der Waals surface area contributed by atoms with Gasteiger partial charge >= 0.3 is 0 Å². The fraction of sp³-hybridized carbons (Fsp3) is 0.280. The summed E-state index contributed by atoms with van der Waals surface area (Å²) in [6.07, 6.45) is 1.94. The molecule has 0 saturated carbocycles. The summed E-state index contributed by atoms with van der Waals surface area (Å²) in [5.41, 5.74) is 2.52. The Labute approximate surface area is 166 Å². The Kier molecular flexibility index (Phi) is 5.21. The van der Waals surface area contributed by atoms with E-state index in [1.165, 1.54) is 0 Å². The van der Waals surface area contributed by atoms with E-state index in [0.717, 1.165) is 41.6 Å². The first-order valence-electron chi connectivity index (χ1n) is 9.95. The van der Waals surface area contributed by atoms with E-state index in [4.69, 9.17) is 0 Å². The summed E-state index contributed by atoms with van der Waals surface area (Å²) < 4.78 is 0. The summed E-state index contributed by atoms with van der Waals surface area (Å²) in [4.78, 5) is 2.31. The zero-order valence-corrected chi connectivity index (χ0v) is 16.3. The molecule has 2 N–H and O–H groups in total. The number of rotatable bonds is 5. The molecule has 1 fully saturated rings. The Bertz CT molecular complexity index is 884. The number of hydrogen-bond donors (Lipinski definition) is 2. The van der Waals surface area contributed by atoms with Crippen LogP contribution in [0, 0.1) is 6.92 Å². The molecule has 28 heavy (non-hydrogen) atoms. The summed E-state index contributed by atoms with van der Waals surface area (Å²) in [5, 5.41) is 22.6. The number of aliphatic hydroxyl groups is 1. The second-order valence-corrected chi connectivity index (χ2v) is 7.71. The highest BCUT2D eigenvalue weighted by Gasteiger charge is 2.45. The van der Waals surface area contributed by atoms with Gasteiger partial charge in [0.2, 0.25) is 0 Å². The van der Waals surface area contributed by atoms with Gasteiger partial charge in [0.05, 0.1) is 0 Å². The van der Waals surface area contributed by atoms with Crippen LogP contribution in [0.25, 0.3) is 0 Å². The number of hydrogen-bond acceptors (Lipinski definition) is 3. The van der Waals surface area contributed by atoms with E-state index in [1.54, 1.807) is 0 Å². The molecule has 0 spiro atoms. The number of para-hydroxylation sites is 1. The molecule has 3 heteroatoms. The standard InChI is InChI=1S/C25H27NO2/c1-19-10-8-11-20(24(19)27)18-26-17-9-16-23(26)25(28,21-12-4-2-5-13-21)22-14-6-3-7-15-22/h2-8,10-15,23,27-28H,9,16-18H2,1H3/t23-/m1/s1. The Hall–Kier alpha value is -2.62. The molecule has 0 aliphatic carbocycles. The average molecular weight is 373 g/mol. The molecule has 0 aromatic heterocycles. The second-order valence-electron chi connectivity index (χ2n) is 7.71. The predicted molar refractivity (Wildman–Crippen MR) is 112 cm³/mol. The van der Waals surface area contributed by atoms with Crippen molar-refractivity contribution < 1.29 is 10.2 Å². The highest BCUT2D eigenvalue weighted by atomic mass is 16.3. The molecule has 144 valence electrons. The minimum absolute atomic E-state index is 0.0581. The van der Waals surface area contributed by atoms with Crippen LogP contribution in [0.1, 0.15) is 35.1 Å². The van der Waals surface area contributed by atoms with Gasteiger partial charge in [0.25, 0.3) is 0 Å². The number of benzene rings is 3. The van der Waals surface area contributed by atoms with Crippen LogP contribution >= 0.6 is 0 Å². The third-order valence-electron chi connectivity index (χ3n) is 5.97. The van der Waals surface area contributed by atoms with Gasteiger partial charge in [0.1, 0.15) is 11.4 Å². The van der Waals surface area contributed by atoms with E-state index in [-0.39, 0.29) is 6.04 Å². The number of aryl methyl sites for hydroxylation is 1. The van der Waals surface area contributed by atoms with E-state index in [0.29, 0.717) is 12.3 Å². The van der Waals surface area contributed by atoms with E-state index in [2.05, 4.69) is 4.90 Å². The van der Waals surface area contributed by atoms with E-state index < -0.39 is 5.60 Å². The highest BCUT2D eigenvalue weighted by molar-refractivity contribution is 5.41. The molecule has 0 amide bonds. The smallest absolute Gasteiger partial charge is 0.130 e. The minimum atomic E-state index is -1.10. The first-order chi connectivity index (χ1) is 13.6. The largest absolute Gasteiger partial charge is 0.507 e. The van der Waals surface area contributed by atoms with Gasteiger partial charge in [-0.2, -0.15) is 0 Å². The van der Waals surface area contributed by atoms with Crippen molar-refractivity contribution in [2.45, 2.75) is 38.0 Å². The van der Waals surface area contributed by atoms with Crippen LogP contribution < -0.4 is 0 Å². The quantitative estimate of drug-likeness (QED) is 0.687. The zero-order chi connectivity index (χ0) is 19.6. The van der Waals surface area contributed by atoms with E-state index >= 15 is 0 Å². The molecule has 1 heterocycles. The Morgan fingerprint density at radius 1 is 0.893 bits per heavy atom. The molecule has 1 atom stereocenters. The van der Waals surface area contributed by atoms with Crippen LogP contribution in [0.2, 0.25) is 0 Å². The van der Waals surface area contributed by atoms with Crippen LogP contribution in [-0.4, -0.2) is 27.7 Å². The van der Waals surface area contributed by atoms with Gasteiger partial charge in [-0.15, -0.1) is 0 Å². The monoisotopic (exact) mass is 373 g/mol. The molecule has 3 nitrogen and oxygen atoms in total. The van der Waals surface area contributed by atoms with Gasteiger partial charge in [0.15, 0.2) is 0 Å². The van der Waals surface area contributed by atoms with Gasteiger partial charge in [-0.3, -0.25) is 4.90 Å². The normalized spacial score (nSPS) is 17.7. The van der Waals surface area contributed by atoms with Gasteiger partial charge in [-0.1, -0.05) is 78.9 Å². The maximum atomic E-state index is 12.1. The predicted octanol–water partition coefficient (Wildman–Crippen LogP) is 4.60. The summed E-state index contributed by atoms with van der Waals surface area (Å²) in [6.45, 7) is 3.45. The summed E-state index contributed by atoms with van der Waals surface area (Å²) in [6, 6.07) is 25.7. The molecular formula is C25H27NO2. The lowest BCUT2D eigenvalue weighted by Crippen LogP contribution is -2.48. The lowest BCUT2D eigenvalue weighted by molar-refractivity contribution is -0.00672. The van der Waals surface area contributed by atoms with Crippen molar-refractivity contribution in [1.82, 2.24) is 4.90 Å². The molecule has 1 aliphatic heterocycles. The number of phenols is 1. The van der Waals surface area contributed by atoms with Crippen molar-refractivity contribution in [2.75, 3.05) is 6.54 Å². The zero-order valence-electron chi connectivity index (χ0n) is 16.3. The molecule has 1 saturated heterocycles. The van der Waals surface area contributed by atoms with Crippen LogP contribution in [0.3, 0.4) is 0 Å². The number of likely N-dealkylation sites (tertiary alicyclic amines) is 1. The van der Waals surface area contributed by atoms with Gasteiger partial charge in [0, 0.05) is 18.2 Å². The van der Waals surface area contributed by atoms with Crippen molar-refractivity contribution in [3.05, 3.63) is 101 Å². The first-order valence-corrected chi connectivity index (χ1v) is 9.95. The first kappa shape index (κ1) is 18.7. The molecule has 4 rings (SSSR count). The van der Waals surface area contributed by atoms with Gasteiger partial charge < -0.3 is 10.2 Å². The molecule has 3 aromatic rings. The van der Waals surface area contributed by atoms with Crippen LogP contribution in [0.5, 0.6) is 5.75 Å². The molecule has 0 unspecified atom stereocenters. The van der Waals surface area contributed by atoms with Gasteiger partial charge in [-0.25, -0.2) is 0 Å². The molecule has 1 aliphatic rings. The van der Waals surface area contributed by atoms with Crippen molar-refractivity contribution >= 4 is 0 Å². The second kappa shape index (κ2) is 7.78. The molecule has 0 radical (unpaired) electrons. The van der Waals surface area contributed by atoms with Crippen molar-refractivity contribution in [3.8, 4) is 5.75 Å². The van der Waals surface area contributed by atoms with Crippen LogP contribution in [0.4, 0.5) is 0 Å². The van der Waals surface area contributed by atoms with Crippen LogP contribution in [0.15, 0.2) is 78.9 Å². The number of nitrogens with zero attached hydrogens (tertiary/aromatic N) is 1. The Morgan fingerprint density at radius 2 is 1.50 bits per heavy atom. The maximum absolute atomic E-state index is 12.1. The highest BCUT2D eigenvalue weighted by Crippen LogP contribution is 2.41. The third kappa shape index (κ3) is 3.32. The van der Waals surface area contributed by atoms with Crippen molar-refractivity contribution in [2.24, 2.45) is 0 Å². The maximum Gasteiger partial charge on any atom is 0.130 e. The van der Waals surface area contributed by atoms with Crippen LogP contribution in [-0.2, 0) is 12.1 Å². The SMILES string of the molecule is Cc1cccc(CN2CCC[C@@H]2C(O)(c2ccccc2)c2ccccc2)c1O. The Balaban J connectivity index is 1.74. The Morgan fingerprint density at radius 3 is 2.11 bits per heavy atom. The van der Waals surface area contributed by atoms with E-state index in [1.807, 2.05) is 85.8 Å².